The van der Waals surface area contributed by atoms with Gasteiger partial charge in [0.2, 0.25) is 5.91 Å². The van der Waals surface area contributed by atoms with Crippen LogP contribution >= 0.6 is 12.4 Å². The smallest absolute Gasteiger partial charge is 0.223 e. The molecule has 0 saturated heterocycles. The number of amides is 1. The number of anilines is 1. The monoisotopic (exact) mass is 358 g/mol. The van der Waals surface area contributed by atoms with Crippen LogP contribution in [0.3, 0.4) is 0 Å². The van der Waals surface area contributed by atoms with E-state index >= 15 is 0 Å². The first-order valence-electron chi connectivity index (χ1n) is 8.88. The highest BCUT2D eigenvalue weighted by atomic mass is 35.5. The third-order valence-electron chi connectivity index (χ3n) is 4.76. The molecule has 0 aliphatic heterocycles. The topological polar surface area (TPSA) is 46.3 Å². The summed E-state index contributed by atoms with van der Waals surface area (Å²) in [6.45, 7) is 2.88. The average molecular weight is 359 g/mol. The summed E-state index contributed by atoms with van der Waals surface area (Å²) in [5.41, 5.74) is 10.4. The summed E-state index contributed by atoms with van der Waals surface area (Å²) in [6.07, 6.45) is 4.55. The number of carbonyl (C=O) groups is 1. The van der Waals surface area contributed by atoms with Gasteiger partial charge in [0, 0.05) is 24.7 Å². The molecule has 25 heavy (non-hydrogen) atoms. The van der Waals surface area contributed by atoms with Crippen LogP contribution < -0.4 is 5.73 Å². The summed E-state index contributed by atoms with van der Waals surface area (Å²) in [6, 6.07) is 16.9. The number of benzene rings is 2. The molecule has 0 radical (unpaired) electrons. The van der Waals surface area contributed by atoms with E-state index in [0.29, 0.717) is 18.9 Å². The molecular formula is C21H27ClN2O. The minimum atomic E-state index is 0. The van der Waals surface area contributed by atoms with Crippen molar-refractivity contribution >= 4 is 24.0 Å². The van der Waals surface area contributed by atoms with Crippen LogP contribution in [0.5, 0.6) is 0 Å². The molecule has 0 aromatic heterocycles. The van der Waals surface area contributed by atoms with Gasteiger partial charge < -0.3 is 10.6 Å². The van der Waals surface area contributed by atoms with E-state index < -0.39 is 0 Å². The molecule has 1 aliphatic rings. The molecule has 3 nitrogen and oxygen atoms in total. The predicted octanol–water partition coefficient (Wildman–Crippen LogP) is 4.38. The Balaban J connectivity index is 0.00000225. The van der Waals surface area contributed by atoms with E-state index in [-0.39, 0.29) is 18.3 Å². The van der Waals surface area contributed by atoms with Crippen molar-refractivity contribution in [1.82, 2.24) is 4.90 Å². The molecule has 0 atom stereocenters. The molecule has 0 bridgehead atoms. The molecule has 4 heteroatoms. The Morgan fingerprint density at radius 2 is 1.72 bits per heavy atom. The Morgan fingerprint density at radius 3 is 2.32 bits per heavy atom. The lowest BCUT2D eigenvalue weighted by Crippen LogP contribution is -2.32. The predicted molar refractivity (Wildman–Crippen MR) is 106 cm³/mol. The first-order chi connectivity index (χ1) is 11.7. The molecule has 1 saturated carbocycles. The summed E-state index contributed by atoms with van der Waals surface area (Å²) < 4.78 is 0. The molecule has 1 amide bonds. The number of halogens is 1. The zero-order valence-corrected chi connectivity index (χ0v) is 15.6. The van der Waals surface area contributed by atoms with E-state index in [1.54, 1.807) is 0 Å². The number of hydrogen-bond acceptors (Lipinski definition) is 2. The molecule has 2 aromatic carbocycles. The Bertz CT molecular complexity index is 695. The fraction of sp³-hybridized carbons (Fsp3) is 0.381. The van der Waals surface area contributed by atoms with Crippen LogP contribution in [0.4, 0.5) is 5.69 Å². The first kappa shape index (κ1) is 19.3. The standard InChI is InChI=1S/C21H26N2O.ClH/c1-2-16-7-9-17(10-8-16)15-23(19-12-13-19)21(24)14-11-18-5-3-4-6-20(18)22;/h3-10,19H,2,11-15,22H2,1H3;1H. The fourth-order valence-corrected chi connectivity index (χ4v) is 3.03. The van der Waals surface area contributed by atoms with E-state index in [9.17, 15) is 4.79 Å². The third-order valence-corrected chi connectivity index (χ3v) is 4.76. The molecule has 1 aliphatic carbocycles. The van der Waals surface area contributed by atoms with Gasteiger partial charge in [-0.1, -0.05) is 49.4 Å². The number of rotatable bonds is 7. The molecular weight excluding hydrogens is 332 g/mol. The van der Waals surface area contributed by atoms with Crippen LogP contribution in [0, 0.1) is 0 Å². The van der Waals surface area contributed by atoms with Crippen molar-refractivity contribution in [1.29, 1.82) is 0 Å². The summed E-state index contributed by atoms with van der Waals surface area (Å²) in [4.78, 5) is 14.8. The van der Waals surface area contributed by atoms with Crippen LogP contribution in [0.25, 0.3) is 0 Å². The van der Waals surface area contributed by atoms with Gasteiger partial charge in [0.05, 0.1) is 0 Å². The second-order valence-electron chi connectivity index (χ2n) is 6.62. The van der Waals surface area contributed by atoms with E-state index in [2.05, 4.69) is 36.1 Å². The van der Waals surface area contributed by atoms with Gasteiger partial charge in [0.25, 0.3) is 0 Å². The molecule has 3 rings (SSSR count). The van der Waals surface area contributed by atoms with Crippen LogP contribution in [0.1, 0.15) is 42.9 Å². The number of para-hydroxylation sites is 1. The number of hydrogen-bond donors (Lipinski definition) is 1. The van der Waals surface area contributed by atoms with Gasteiger partial charge >= 0.3 is 0 Å². The summed E-state index contributed by atoms with van der Waals surface area (Å²) in [5.74, 6) is 0.236. The zero-order valence-electron chi connectivity index (χ0n) is 14.8. The van der Waals surface area contributed by atoms with Gasteiger partial charge in [0.1, 0.15) is 0 Å². The highest BCUT2D eigenvalue weighted by Crippen LogP contribution is 2.29. The number of aryl methyl sites for hydroxylation is 2. The first-order valence-corrected chi connectivity index (χ1v) is 8.88. The van der Waals surface area contributed by atoms with Crippen LogP contribution in [-0.4, -0.2) is 16.8 Å². The second-order valence-corrected chi connectivity index (χ2v) is 6.62. The summed E-state index contributed by atoms with van der Waals surface area (Å²) in [5, 5.41) is 0. The van der Waals surface area contributed by atoms with Crippen molar-refractivity contribution in [3.63, 3.8) is 0 Å². The highest BCUT2D eigenvalue weighted by molar-refractivity contribution is 5.85. The van der Waals surface area contributed by atoms with Crippen molar-refractivity contribution in [2.24, 2.45) is 0 Å². The summed E-state index contributed by atoms with van der Waals surface area (Å²) >= 11 is 0. The minimum Gasteiger partial charge on any atom is -0.399 e. The maximum Gasteiger partial charge on any atom is 0.223 e. The van der Waals surface area contributed by atoms with E-state index in [4.69, 9.17) is 5.73 Å². The Hall–Kier alpha value is -2.00. The van der Waals surface area contributed by atoms with E-state index in [0.717, 1.165) is 37.1 Å². The second kappa shape index (κ2) is 8.91. The van der Waals surface area contributed by atoms with Crippen molar-refractivity contribution < 1.29 is 4.79 Å². The van der Waals surface area contributed by atoms with Gasteiger partial charge in [-0.25, -0.2) is 0 Å². The fourth-order valence-electron chi connectivity index (χ4n) is 3.03. The number of carbonyl (C=O) groups excluding carboxylic acids is 1. The molecule has 0 unspecified atom stereocenters. The molecule has 0 heterocycles. The van der Waals surface area contributed by atoms with Gasteiger partial charge in [-0.05, 0) is 48.4 Å². The Morgan fingerprint density at radius 1 is 1.08 bits per heavy atom. The van der Waals surface area contributed by atoms with E-state index in [1.165, 1.54) is 11.1 Å². The number of nitrogens with two attached hydrogens (primary N) is 1. The van der Waals surface area contributed by atoms with E-state index in [1.807, 2.05) is 24.3 Å². The number of nitrogens with zero attached hydrogens (tertiary/aromatic N) is 1. The highest BCUT2D eigenvalue weighted by Gasteiger charge is 2.32. The lowest BCUT2D eigenvalue weighted by Gasteiger charge is -2.23. The molecule has 1 fully saturated rings. The maximum absolute atomic E-state index is 12.7. The summed E-state index contributed by atoms with van der Waals surface area (Å²) in [7, 11) is 0. The largest absolute Gasteiger partial charge is 0.399 e. The van der Waals surface area contributed by atoms with Gasteiger partial charge in [-0.2, -0.15) is 0 Å². The zero-order chi connectivity index (χ0) is 16.9. The van der Waals surface area contributed by atoms with Crippen LogP contribution in [-0.2, 0) is 24.2 Å². The van der Waals surface area contributed by atoms with Gasteiger partial charge in [0.15, 0.2) is 0 Å². The average Bonchev–Trinajstić information content (AvgIpc) is 3.44. The third kappa shape index (κ3) is 5.23. The van der Waals surface area contributed by atoms with Crippen LogP contribution in [0.2, 0.25) is 0 Å². The quantitative estimate of drug-likeness (QED) is 0.747. The van der Waals surface area contributed by atoms with Crippen molar-refractivity contribution in [2.45, 2.75) is 51.6 Å². The SMILES string of the molecule is CCc1ccc(CN(C(=O)CCc2ccccc2N)C2CC2)cc1.Cl. The molecule has 2 N–H and O–H groups in total. The lowest BCUT2D eigenvalue weighted by atomic mass is 10.1. The number of nitrogen functional groups attached to an aromatic ring is 1. The molecule has 0 spiro atoms. The Kier molecular flexibility index (Phi) is 6.89. The maximum atomic E-state index is 12.7. The van der Waals surface area contributed by atoms with Gasteiger partial charge in [-0.15, -0.1) is 12.4 Å². The minimum absolute atomic E-state index is 0. The van der Waals surface area contributed by atoms with Crippen molar-refractivity contribution in [3.8, 4) is 0 Å². The lowest BCUT2D eigenvalue weighted by molar-refractivity contribution is -0.132. The Labute approximate surface area is 156 Å². The van der Waals surface area contributed by atoms with Gasteiger partial charge in [-0.3, -0.25) is 4.79 Å². The van der Waals surface area contributed by atoms with Crippen molar-refractivity contribution in [3.05, 3.63) is 65.2 Å². The normalized spacial score (nSPS) is 13.2. The molecule has 134 valence electrons. The molecule has 2 aromatic rings. The van der Waals surface area contributed by atoms with Crippen molar-refractivity contribution in [2.75, 3.05) is 5.73 Å². The van der Waals surface area contributed by atoms with Crippen LogP contribution in [0.15, 0.2) is 48.5 Å².